The van der Waals surface area contributed by atoms with E-state index in [1.165, 1.54) is 5.56 Å². The molecule has 0 saturated carbocycles. The molecule has 1 atom stereocenters. The second kappa shape index (κ2) is 4.96. The molecule has 94 valence electrons. The minimum atomic E-state index is 0.00113. The third-order valence-corrected chi connectivity index (χ3v) is 3.49. The van der Waals surface area contributed by atoms with Crippen LogP contribution in [-0.4, -0.2) is 22.8 Å². The number of hydrogen-bond acceptors (Lipinski definition) is 3. The smallest absolute Gasteiger partial charge is 0.160 e. The van der Waals surface area contributed by atoms with Crippen LogP contribution in [0, 0.1) is 0 Å². The van der Waals surface area contributed by atoms with Crippen molar-refractivity contribution in [1.82, 2.24) is 5.32 Å². The number of nitrogens with one attached hydrogen (secondary N) is 1. The minimum Gasteiger partial charge on any atom is -0.504 e. The fraction of sp³-hybridized carbons (Fsp3) is 0.571. The van der Waals surface area contributed by atoms with Gasteiger partial charge in [-0.25, -0.2) is 0 Å². The first-order valence-corrected chi connectivity index (χ1v) is 6.36. The zero-order valence-corrected chi connectivity index (χ0v) is 10.5. The third kappa shape index (κ3) is 2.55. The van der Waals surface area contributed by atoms with Gasteiger partial charge in [-0.1, -0.05) is 19.9 Å². The largest absolute Gasteiger partial charge is 0.504 e. The maximum absolute atomic E-state index is 9.87. The van der Waals surface area contributed by atoms with Crippen molar-refractivity contribution in [3.8, 4) is 11.5 Å². The first-order chi connectivity index (χ1) is 8.09. The number of phenolic OH excluding ortho intramolecular Hbond substituents is 2. The van der Waals surface area contributed by atoms with Crippen molar-refractivity contribution in [3.63, 3.8) is 0 Å². The van der Waals surface area contributed by atoms with E-state index < -0.39 is 0 Å². The van der Waals surface area contributed by atoms with Crippen molar-refractivity contribution in [2.24, 2.45) is 0 Å². The van der Waals surface area contributed by atoms with E-state index in [9.17, 15) is 10.2 Å². The average molecular weight is 235 g/mol. The van der Waals surface area contributed by atoms with Gasteiger partial charge in [-0.05, 0) is 36.8 Å². The molecular weight excluding hydrogens is 214 g/mol. The summed E-state index contributed by atoms with van der Waals surface area (Å²) in [4.78, 5) is 0. The van der Waals surface area contributed by atoms with Crippen molar-refractivity contribution >= 4 is 0 Å². The number of rotatable bonds is 3. The zero-order valence-electron chi connectivity index (χ0n) is 10.5. The first kappa shape index (κ1) is 12.2. The Morgan fingerprint density at radius 2 is 2.12 bits per heavy atom. The van der Waals surface area contributed by atoms with Crippen LogP contribution in [0.1, 0.15) is 43.7 Å². The predicted molar refractivity (Wildman–Crippen MR) is 68.6 cm³/mol. The van der Waals surface area contributed by atoms with Gasteiger partial charge in [0.25, 0.3) is 0 Å². The van der Waals surface area contributed by atoms with Crippen LogP contribution in [0.3, 0.4) is 0 Å². The van der Waals surface area contributed by atoms with Crippen molar-refractivity contribution in [2.75, 3.05) is 6.54 Å². The third-order valence-electron chi connectivity index (χ3n) is 3.49. The topological polar surface area (TPSA) is 52.5 Å². The normalized spacial score (nSPS) is 19.4. The Bertz CT molecular complexity index is 401. The van der Waals surface area contributed by atoms with E-state index in [1.54, 1.807) is 6.07 Å². The Hall–Kier alpha value is -1.22. The van der Waals surface area contributed by atoms with Crippen molar-refractivity contribution < 1.29 is 10.2 Å². The Balaban J connectivity index is 2.23. The van der Waals surface area contributed by atoms with Gasteiger partial charge < -0.3 is 15.5 Å². The summed E-state index contributed by atoms with van der Waals surface area (Å²) in [5, 5.41) is 22.8. The Kier molecular flexibility index (Phi) is 3.57. The van der Waals surface area contributed by atoms with Crippen LogP contribution >= 0.6 is 0 Å². The van der Waals surface area contributed by atoms with Crippen LogP contribution in [0.25, 0.3) is 0 Å². The molecule has 0 aromatic heterocycles. The second-order valence-corrected chi connectivity index (χ2v) is 5.15. The number of phenols is 2. The maximum Gasteiger partial charge on any atom is 0.160 e. The molecule has 0 fully saturated rings. The summed E-state index contributed by atoms with van der Waals surface area (Å²) in [7, 11) is 0. The van der Waals surface area contributed by atoms with Gasteiger partial charge in [-0.15, -0.1) is 0 Å². The summed E-state index contributed by atoms with van der Waals surface area (Å²) in [6.45, 7) is 5.21. The average Bonchev–Trinajstić information content (AvgIpc) is 2.31. The Morgan fingerprint density at radius 1 is 1.35 bits per heavy atom. The lowest BCUT2D eigenvalue weighted by Crippen LogP contribution is -2.29. The fourth-order valence-electron chi connectivity index (χ4n) is 2.56. The molecule has 0 saturated heterocycles. The molecular formula is C14H21NO2. The predicted octanol–water partition coefficient (Wildman–Crippen LogP) is 2.52. The molecule has 0 bridgehead atoms. The molecule has 3 N–H and O–H groups in total. The second-order valence-electron chi connectivity index (χ2n) is 5.15. The highest BCUT2D eigenvalue weighted by Crippen LogP contribution is 2.40. The molecule has 1 aliphatic carbocycles. The van der Waals surface area contributed by atoms with Gasteiger partial charge in [0.15, 0.2) is 11.5 Å². The number of hydrogen-bond donors (Lipinski definition) is 3. The van der Waals surface area contributed by atoms with E-state index in [-0.39, 0.29) is 11.5 Å². The van der Waals surface area contributed by atoms with Crippen molar-refractivity contribution in [3.05, 3.63) is 23.3 Å². The van der Waals surface area contributed by atoms with Gasteiger partial charge in [0, 0.05) is 18.2 Å². The van der Waals surface area contributed by atoms with Crippen LogP contribution in [0.15, 0.2) is 12.1 Å². The van der Waals surface area contributed by atoms with Crippen LogP contribution in [0.5, 0.6) is 11.5 Å². The van der Waals surface area contributed by atoms with E-state index >= 15 is 0 Å². The maximum atomic E-state index is 9.87. The van der Waals surface area contributed by atoms with E-state index in [2.05, 4.69) is 19.2 Å². The first-order valence-electron chi connectivity index (χ1n) is 6.36. The van der Waals surface area contributed by atoms with Gasteiger partial charge in [0.1, 0.15) is 0 Å². The van der Waals surface area contributed by atoms with Gasteiger partial charge in [0.2, 0.25) is 0 Å². The van der Waals surface area contributed by atoms with Crippen LogP contribution in [0.4, 0.5) is 0 Å². The van der Waals surface area contributed by atoms with Crippen molar-refractivity contribution in [1.29, 1.82) is 0 Å². The van der Waals surface area contributed by atoms with Gasteiger partial charge in [-0.2, -0.15) is 0 Å². The SMILES string of the molecule is CC(C)NC[C@H]1CCCc2c1ccc(O)c2O. The summed E-state index contributed by atoms with van der Waals surface area (Å²) in [5.74, 6) is 0.533. The monoisotopic (exact) mass is 235 g/mol. The molecule has 0 spiro atoms. The zero-order chi connectivity index (χ0) is 12.4. The Morgan fingerprint density at radius 3 is 2.82 bits per heavy atom. The van der Waals surface area contributed by atoms with Crippen molar-refractivity contribution in [2.45, 2.75) is 45.1 Å². The molecule has 0 unspecified atom stereocenters. The summed E-state index contributed by atoms with van der Waals surface area (Å²) in [6, 6.07) is 4.03. The van der Waals surface area contributed by atoms with Crippen LogP contribution in [-0.2, 0) is 6.42 Å². The standard InChI is InChI=1S/C14H21NO2/c1-9(2)15-8-10-4-3-5-12-11(10)6-7-13(16)14(12)17/h6-7,9-10,15-17H,3-5,8H2,1-2H3/t10-/m1/s1. The van der Waals surface area contributed by atoms with Gasteiger partial charge in [0.05, 0.1) is 0 Å². The number of aromatic hydroxyl groups is 2. The van der Waals surface area contributed by atoms with E-state index in [0.29, 0.717) is 12.0 Å². The van der Waals surface area contributed by atoms with Gasteiger partial charge >= 0.3 is 0 Å². The minimum absolute atomic E-state index is 0.00113. The lowest BCUT2D eigenvalue weighted by Gasteiger charge is -2.27. The fourth-order valence-corrected chi connectivity index (χ4v) is 2.56. The van der Waals surface area contributed by atoms with Crippen LogP contribution in [0.2, 0.25) is 0 Å². The molecule has 3 nitrogen and oxygen atoms in total. The molecule has 0 heterocycles. The lowest BCUT2D eigenvalue weighted by molar-refractivity contribution is 0.391. The van der Waals surface area contributed by atoms with E-state index in [0.717, 1.165) is 31.4 Å². The van der Waals surface area contributed by atoms with E-state index in [4.69, 9.17) is 0 Å². The molecule has 1 aliphatic rings. The highest BCUT2D eigenvalue weighted by Gasteiger charge is 2.23. The molecule has 0 aliphatic heterocycles. The Labute approximate surface area is 102 Å². The molecule has 1 aromatic rings. The molecule has 17 heavy (non-hydrogen) atoms. The van der Waals surface area contributed by atoms with Crippen LogP contribution < -0.4 is 5.32 Å². The number of fused-ring (bicyclic) bond motifs is 1. The quantitative estimate of drug-likeness (QED) is 0.706. The summed E-state index contributed by atoms with van der Waals surface area (Å²) >= 11 is 0. The van der Waals surface area contributed by atoms with Gasteiger partial charge in [-0.3, -0.25) is 0 Å². The lowest BCUT2D eigenvalue weighted by atomic mass is 9.82. The summed E-state index contributed by atoms with van der Waals surface area (Å²) in [5.41, 5.74) is 2.13. The molecule has 0 amide bonds. The number of benzene rings is 1. The molecule has 1 aromatic carbocycles. The summed E-state index contributed by atoms with van der Waals surface area (Å²) in [6.07, 6.45) is 3.10. The summed E-state index contributed by atoms with van der Waals surface area (Å²) < 4.78 is 0. The molecule has 0 radical (unpaired) electrons. The highest BCUT2D eigenvalue weighted by molar-refractivity contribution is 5.51. The molecule has 2 rings (SSSR count). The highest BCUT2D eigenvalue weighted by atomic mass is 16.3. The molecule has 3 heteroatoms. The van der Waals surface area contributed by atoms with E-state index in [1.807, 2.05) is 6.07 Å².